The zero-order chi connectivity index (χ0) is 26.9. The number of nitrogens with zero attached hydrogens (tertiary/aromatic N) is 4. The first-order valence-electron chi connectivity index (χ1n) is 13.1. The lowest BCUT2D eigenvalue weighted by molar-refractivity contribution is -0.152. The van der Waals surface area contributed by atoms with Gasteiger partial charge in [-0.1, -0.05) is 58.4 Å². The molecule has 3 rings (SSSR count). The summed E-state index contributed by atoms with van der Waals surface area (Å²) in [6.07, 6.45) is 3.82. The van der Waals surface area contributed by atoms with E-state index in [1.54, 1.807) is 0 Å². The fourth-order valence-corrected chi connectivity index (χ4v) is 5.42. The number of carbonyl (C=O) groups excluding carboxylic acids is 1. The van der Waals surface area contributed by atoms with Gasteiger partial charge in [0.2, 0.25) is 0 Å². The minimum atomic E-state index is -0.627. The van der Waals surface area contributed by atoms with Gasteiger partial charge < -0.3 is 15.4 Å². The minimum absolute atomic E-state index is 0.0197. The Morgan fingerprint density at radius 1 is 1.14 bits per heavy atom. The lowest BCUT2D eigenvalue weighted by atomic mass is 10.0. The number of esters is 1. The van der Waals surface area contributed by atoms with E-state index < -0.39 is 6.04 Å². The van der Waals surface area contributed by atoms with E-state index in [9.17, 15) is 15.3 Å². The Bertz CT molecular complexity index is 1160. The smallest absolute Gasteiger partial charge is 0.323 e. The van der Waals surface area contributed by atoms with Crippen molar-refractivity contribution < 1.29 is 9.53 Å². The van der Waals surface area contributed by atoms with Crippen LogP contribution in [-0.2, 0) is 28.1 Å². The molecule has 37 heavy (non-hydrogen) atoms. The average molecular weight is 520 g/mol. The van der Waals surface area contributed by atoms with Gasteiger partial charge in [-0.2, -0.15) is 10.5 Å². The lowest BCUT2D eigenvalue weighted by Crippen LogP contribution is -2.43. The fourth-order valence-electron chi connectivity index (χ4n) is 4.46. The molecule has 2 aromatic rings. The molecule has 196 valence electrons. The van der Waals surface area contributed by atoms with E-state index in [0.29, 0.717) is 60.1 Å². The van der Waals surface area contributed by atoms with Gasteiger partial charge in [-0.25, -0.2) is 4.98 Å². The second-order valence-corrected chi connectivity index (χ2v) is 10.8. The molecule has 1 saturated heterocycles. The highest BCUT2D eigenvalue weighted by Crippen LogP contribution is 2.34. The van der Waals surface area contributed by atoms with Crippen molar-refractivity contribution in [3.63, 3.8) is 0 Å². The number of piperidine rings is 1. The third-order valence-corrected chi connectivity index (χ3v) is 7.82. The monoisotopic (exact) mass is 519 g/mol. The van der Waals surface area contributed by atoms with Crippen molar-refractivity contribution in [3.05, 3.63) is 52.1 Å². The molecule has 1 aromatic heterocycles. The number of nitriles is 2. The molecule has 0 saturated carbocycles. The van der Waals surface area contributed by atoms with E-state index in [4.69, 9.17) is 15.5 Å². The molecule has 7 nitrogen and oxygen atoms in total. The van der Waals surface area contributed by atoms with Gasteiger partial charge in [-0.3, -0.25) is 4.79 Å². The number of pyridine rings is 1. The molecule has 0 aliphatic carbocycles. The molecule has 1 fully saturated rings. The number of aromatic nitrogens is 1. The highest BCUT2D eigenvalue weighted by Gasteiger charge is 2.29. The van der Waals surface area contributed by atoms with Gasteiger partial charge >= 0.3 is 5.97 Å². The van der Waals surface area contributed by atoms with Gasteiger partial charge in [0.05, 0.1) is 11.1 Å². The second kappa shape index (κ2) is 13.5. The number of aryl methyl sites for hydroxylation is 1. The summed E-state index contributed by atoms with van der Waals surface area (Å²) in [6, 6.07) is 12.6. The summed E-state index contributed by atoms with van der Waals surface area (Å²) < 4.78 is 5.65. The molecule has 1 aromatic carbocycles. The Labute approximate surface area is 225 Å². The summed E-state index contributed by atoms with van der Waals surface area (Å²) in [6.45, 7) is 9.15. The van der Waals surface area contributed by atoms with Crippen LogP contribution in [0.15, 0.2) is 29.3 Å². The van der Waals surface area contributed by atoms with Crippen LogP contribution in [0.2, 0.25) is 0 Å². The minimum Gasteiger partial charge on any atom is -0.461 e. The van der Waals surface area contributed by atoms with Crippen LogP contribution in [0.5, 0.6) is 0 Å². The van der Waals surface area contributed by atoms with Crippen LogP contribution in [0, 0.1) is 28.6 Å². The largest absolute Gasteiger partial charge is 0.461 e. The molecule has 2 heterocycles. The molecule has 2 N–H and O–H groups in total. The molecule has 0 radical (unpaired) electrons. The van der Waals surface area contributed by atoms with Crippen LogP contribution in [0.1, 0.15) is 74.8 Å². The van der Waals surface area contributed by atoms with Gasteiger partial charge in [0.25, 0.3) is 0 Å². The van der Waals surface area contributed by atoms with Crippen molar-refractivity contribution in [2.24, 2.45) is 11.7 Å². The molecular formula is C29H37N5O2S. The zero-order valence-electron chi connectivity index (χ0n) is 22.3. The molecule has 1 aliphatic heterocycles. The molecule has 8 heteroatoms. The number of anilines is 1. The highest BCUT2D eigenvalue weighted by atomic mass is 32.2. The zero-order valence-corrected chi connectivity index (χ0v) is 23.1. The highest BCUT2D eigenvalue weighted by molar-refractivity contribution is 7.98. The van der Waals surface area contributed by atoms with Gasteiger partial charge in [-0.05, 0) is 35.4 Å². The summed E-state index contributed by atoms with van der Waals surface area (Å²) in [5.41, 5.74) is 10.1. The normalized spacial score (nSPS) is 14.8. The Morgan fingerprint density at radius 2 is 1.76 bits per heavy atom. The van der Waals surface area contributed by atoms with Crippen LogP contribution in [0.3, 0.4) is 0 Å². The Kier molecular flexibility index (Phi) is 10.4. The third-order valence-electron chi connectivity index (χ3n) is 6.78. The summed E-state index contributed by atoms with van der Waals surface area (Å²) in [5.74, 6) is 0.961. The second-order valence-electron chi connectivity index (χ2n) is 9.79. The van der Waals surface area contributed by atoms with Crippen LogP contribution >= 0.6 is 11.8 Å². The lowest BCUT2D eigenvalue weighted by Gasteiger charge is -2.34. The van der Waals surface area contributed by atoms with Gasteiger partial charge in [0, 0.05) is 31.7 Å². The first-order valence-corrected chi connectivity index (χ1v) is 14.1. The Morgan fingerprint density at radius 3 is 2.30 bits per heavy atom. The molecule has 0 bridgehead atoms. The first kappa shape index (κ1) is 28.5. The maximum Gasteiger partial charge on any atom is 0.323 e. The number of thioether (sulfide) groups is 1. The van der Waals surface area contributed by atoms with E-state index in [1.165, 1.54) is 22.9 Å². The number of benzene rings is 1. The van der Waals surface area contributed by atoms with Gasteiger partial charge in [0.15, 0.2) is 0 Å². The van der Waals surface area contributed by atoms with Crippen molar-refractivity contribution in [1.29, 1.82) is 10.5 Å². The quantitative estimate of drug-likeness (QED) is 0.339. The molecular weight excluding hydrogens is 482 g/mol. The van der Waals surface area contributed by atoms with E-state index in [-0.39, 0.29) is 18.0 Å². The molecule has 0 spiro atoms. The Balaban J connectivity index is 1.80. The maximum atomic E-state index is 12.3. The topological polar surface area (TPSA) is 116 Å². The van der Waals surface area contributed by atoms with Crippen molar-refractivity contribution in [2.45, 2.75) is 82.7 Å². The van der Waals surface area contributed by atoms with Crippen LogP contribution in [-0.4, -0.2) is 36.2 Å². The van der Waals surface area contributed by atoms with Gasteiger partial charge in [0.1, 0.15) is 35.1 Å². The molecule has 0 unspecified atom stereocenters. The van der Waals surface area contributed by atoms with Crippen molar-refractivity contribution in [2.75, 3.05) is 18.0 Å². The van der Waals surface area contributed by atoms with Crippen molar-refractivity contribution >= 4 is 23.5 Å². The summed E-state index contributed by atoms with van der Waals surface area (Å²) >= 11 is 1.53. The summed E-state index contributed by atoms with van der Waals surface area (Å²) in [5, 5.41) is 20.6. The van der Waals surface area contributed by atoms with Crippen LogP contribution in [0.25, 0.3) is 0 Å². The number of hydrogen-bond acceptors (Lipinski definition) is 8. The average Bonchev–Trinajstić information content (AvgIpc) is 2.91. The van der Waals surface area contributed by atoms with Crippen LogP contribution < -0.4 is 10.6 Å². The van der Waals surface area contributed by atoms with Crippen molar-refractivity contribution in [3.8, 4) is 12.1 Å². The maximum absolute atomic E-state index is 12.3. The molecule has 1 atom stereocenters. The number of rotatable bonds is 10. The first-order chi connectivity index (χ1) is 17.8. The van der Waals surface area contributed by atoms with E-state index >= 15 is 0 Å². The number of carbonyl (C=O) groups is 1. The number of hydrogen-bond donors (Lipinski definition) is 1. The number of ether oxygens (including phenoxy) is 1. The van der Waals surface area contributed by atoms with E-state index in [1.807, 2.05) is 20.8 Å². The van der Waals surface area contributed by atoms with E-state index in [2.05, 4.69) is 48.2 Å². The van der Waals surface area contributed by atoms with Crippen molar-refractivity contribution in [1.82, 2.24) is 4.98 Å². The number of nitrogens with two attached hydrogens (primary N) is 1. The molecule has 0 amide bonds. The predicted molar refractivity (Wildman–Crippen MR) is 147 cm³/mol. The summed E-state index contributed by atoms with van der Waals surface area (Å²) in [4.78, 5) is 19.2. The van der Waals surface area contributed by atoms with E-state index in [0.717, 1.165) is 18.4 Å². The summed E-state index contributed by atoms with van der Waals surface area (Å²) in [7, 11) is 0. The molecule has 1 aliphatic rings. The third kappa shape index (κ3) is 7.03. The SMILES string of the molecule is CCCc1ccc(CSc2nc(N3CCC(OC(=O)[C@@H](N)C(C)C)CC3)c(C#N)c(CC)c2C#N)cc1. The van der Waals surface area contributed by atoms with Crippen LogP contribution in [0.4, 0.5) is 5.82 Å². The fraction of sp³-hybridized carbons (Fsp3) is 0.517. The standard InChI is InChI=1S/C29H37N5O2S/c1-5-7-20-8-10-21(11-9-20)18-37-28-25(17-31)23(6-2)24(16-30)27(33-28)34-14-12-22(13-15-34)36-29(35)26(32)19(3)4/h8-11,19,22,26H,5-7,12-15,18,32H2,1-4H3/t26-/m0/s1. The van der Waals surface area contributed by atoms with Gasteiger partial charge in [-0.15, -0.1) is 11.8 Å². The Hall–Kier alpha value is -3.07. The predicted octanol–water partition coefficient (Wildman–Crippen LogP) is 5.13.